The van der Waals surface area contributed by atoms with Crippen LogP contribution in [0.4, 0.5) is 26.0 Å². The summed E-state index contributed by atoms with van der Waals surface area (Å²) >= 11 is 0. The van der Waals surface area contributed by atoms with Gasteiger partial charge in [0.1, 0.15) is 17.5 Å². The molecule has 7 heteroatoms. The number of pyridine rings is 1. The Labute approximate surface area is 159 Å². The number of carbonyl (C=O) groups is 1. The van der Waals surface area contributed by atoms with Crippen LogP contribution in [0.15, 0.2) is 67.0 Å². The van der Waals surface area contributed by atoms with Gasteiger partial charge >= 0.3 is 0 Å². The SMILES string of the molecule is O=C(Cc1c[nH]c2ccccc12)Nc1ccc(Nc2ccc(F)cc2F)nc1. The van der Waals surface area contributed by atoms with E-state index in [0.717, 1.165) is 28.6 Å². The van der Waals surface area contributed by atoms with Gasteiger partial charge in [0.05, 0.1) is 24.0 Å². The lowest BCUT2D eigenvalue weighted by atomic mass is 10.1. The van der Waals surface area contributed by atoms with E-state index in [1.54, 1.807) is 12.1 Å². The predicted molar refractivity (Wildman–Crippen MR) is 105 cm³/mol. The molecule has 2 aromatic heterocycles. The smallest absolute Gasteiger partial charge is 0.228 e. The Morgan fingerprint density at radius 3 is 2.71 bits per heavy atom. The minimum Gasteiger partial charge on any atom is -0.361 e. The molecule has 0 saturated heterocycles. The number of hydrogen-bond acceptors (Lipinski definition) is 3. The number of hydrogen-bond donors (Lipinski definition) is 3. The summed E-state index contributed by atoms with van der Waals surface area (Å²) in [5, 5.41) is 6.57. The molecule has 2 aromatic carbocycles. The number of anilines is 3. The van der Waals surface area contributed by atoms with Crippen LogP contribution in [0.5, 0.6) is 0 Å². The van der Waals surface area contributed by atoms with Crippen molar-refractivity contribution in [1.29, 1.82) is 0 Å². The number of carbonyl (C=O) groups excluding carboxylic acids is 1. The third-order valence-corrected chi connectivity index (χ3v) is 4.27. The molecule has 0 radical (unpaired) electrons. The second-order valence-electron chi connectivity index (χ2n) is 6.27. The lowest BCUT2D eigenvalue weighted by Crippen LogP contribution is -2.14. The van der Waals surface area contributed by atoms with Crippen molar-refractivity contribution in [3.05, 3.63) is 84.2 Å². The molecule has 0 aliphatic rings. The van der Waals surface area contributed by atoms with Crippen molar-refractivity contribution >= 4 is 34.0 Å². The Morgan fingerprint density at radius 1 is 1.07 bits per heavy atom. The lowest BCUT2D eigenvalue weighted by Gasteiger charge is -2.08. The van der Waals surface area contributed by atoms with Crippen molar-refractivity contribution in [2.75, 3.05) is 10.6 Å². The fourth-order valence-electron chi connectivity index (χ4n) is 2.93. The second-order valence-corrected chi connectivity index (χ2v) is 6.27. The van der Waals surface area contributed by atoms with E-state index in [-0.39, 0.29) is 18.0 Å². The van der Waals surface area contributed by atoms with Crippen LogP contribution in [-0.4, -0.2) is 15.9 Å². The van der Waals surface area contributed by atoms with Crippen LogP contribution in [0.2, 0.25) is 0 Å². The van der Waals surface area contributed by atoms with Crippen molar-refractivity contribution in [2.45, 2.75) is 6.42 Å². The molecule has 0 atom stereocenters. The fraction of sp³-hybridized carbons (Fsp3) is 0.0476. The summed E-state index contributed by atoms with van der Waals surface area (Å²) in [5.41, 5.74) is 2.53. The van der Waals surface area contributed by atoms with E-state index in [1.807, 2.05) is 30.5 Å². The normalized spacial score (nSPS) is 10.8. The van der Waals surface area contributed by atoms with Gasteiger partial charge in [-0.15, -0.1) is 0 Å². The van der Waals surface area contributed by atoms with E-state index in [9.17, 15) is 13.6 Å². The summed E-state index contributed by atoms with van der Waals surface area (Å²) in [6, 6.07) is 14.3. The predicted octanol–water partition coefficient (Wildman–Crippen LogP) is 4.77. The minimum atomic E-state index is -0.710. The Kier molecular flexibility index (Phi) is 4.72. The van der Waals surface area contributed by atoms with Crippen molar-refractivity contribution in [2.24, 2.45) is 0 Å². The molecular formula is C21H16F2N4O. The summed E-state index contributed by atoms with van der Waals surface area (Å²) in [6.45, 7) is 0. The number of aromatic amines is 1. The van der Waals surface area contributed by atoms with Crippen molar-refractivity contribution in [3.63, 3.8) is 0 Å². The molecule has 0 saturated carbocycles. The number of nitrogens with one attached hydrogen (secondary N) is 3. The highest BCUT2D eigenvalue weighted by atomic mass is 19.1. The van der Waals surface area contributed by atoms with E-state index in [0.29, 0.717) is 11.5 Å². The number of amides is 1. The number of nitrogens with zero attached hydrogens (tertiary/aromatic N) is 1. The van der Waals surface area contributed by atoms with E-state index >= 15 is 0 Å². The molecular weight excluding hydrogens is 362 g/mol. The van der Waals surface area contributed by atoms with Gasteiger partial charge in [-0.25, -0.2) is 13.8 Å². The van der Waals surface area contributed by atoms with Gasteiger partial charge in [-0.3, -0.25) is 4.79 Å². The number of benzene rings is 2. The van der Waals surface area contributed by atoms with Crippen LogP contribution in [0.1, 0.15) is 5.56 Å². The highest BCUT2D eigenvalue weighted by Gasteiger charge is 2.10. The lowest BCUT2D eigenvalue weighted by molar-refractivity contribution is -0.115. The molecule has 1 amide bonds. The maximum Gasteiger partial charge on any atom is 0.228 e. The zero-order valence-corrected chi connectivity index (χ0v) is 14.7. The largest absolute Gasteiger partial charge is 0.361 e. The molecule has 2 heterocycles. The molecule has 5 nitrogen and oxygen atoms in total. The average molecular weight is 378 g/mol. The number of fused-ring (bicyclic) bond motifs is 1. The van der Waals surface area contributed by atoms with Crippen molar-refractivity contribution < 1.29 is 13.6 Å². The molecule has 140 valence electrons. The fourth-order valence-corrected chi connectivity index (χ4v) is 2.93. The quantitative estimate of drug-likeness (QED) is 0.469. The van der Waals surface area contributed by atoms with Gasteiger partial charge in [-0.2, -0.15) is 0 Å². The Balaban J connectivity index is 1.40. The van der Waals surface area contributed by atoms with Crippen molar-refractivity contribution in [1.82, 2.24) is 9.97 Å². The van der Waals surface area contributed by atoms with Crippen LogP contribution >= 0.6 is 0 Å². The molecule has 3 N–H and O–H groups in total. The highest BCUT2D eigenvalue weighted by molar-refractivity contribution is 5.95. The van der Waals surface area contributed by atoms with E-state index in [4.69, 9.17) is 0 Å². The molecule has 0 aliphatic carbocycles. The van der Waals surface area contributed by atoms with Gasteiger partial charge in [0.25, 0.3) is 0 Å². The topological polar surface area (TPSA) is 69.8 Å². The van der Waals surface area contributed by atoms with Gasteiger partial charge in [-0.05, 0) is 35.9 Å². The monoisotopic (exact) mass is 378 g/mol. The maximum absolute atomic E-state index is 13.7. The third-order valence-electron chi connectivity index (χ3n) is 4.27. The molecule has 0 unspecified atom stereocenters. The van der Waals surface area contributed by atoms with Crippen LogP contribution in [0.3, 0.4) is 0 Å². The molecule has 0 spiro atoms. The van der Waals surface area contributed by atoms with Gasteiger partial charge in [0, 0.05) is 23.2 Å². The molecule has 4 aromatic rings. The highest BCUT2D eigenvalue weighted by Crippen LogP contribution is 2.21. The number of H-pyrrole nitrogens is 1. The number of rotatable bonds is 5. The van der Waals surface area contributed by atoms with Crippen LogP contribution in [0, 0.1) is 11.6 Å². The number of aromatic nitrogens is 2. The first-order valence-corrected chi connectivity index (χ1v) is 8.61. The van der Waals surface area contributed by atoms with E-state index in [1.165, 1.54) is 12.3 Å². The first-order valence-electron chi connectivity index (χ1n) is 8.61. The summed E-state index contributed by atoms with van der Waals surface area (Å²) in [4.78, 5) is 19.6. The van der Waals surface area contributed by atoms with Gasteiger partial charge in [-0.1, -0.05) is 18.2 Å². The third kappa shape index (κ3) is 3.83. The summed E-state index contributed by atoms with van der Waals surface area (Å²) in [7, 11) is 0. The van der Waals surface area contributed by atoms with E-state index < -0.39 is 11.6 Å². The van der Waals surface area contributed by atoms with Gasteiger partial charge in [0.2, 0.25) is 5.91 Å². The Hall–Kier alpha value is -3.74. The Bertz CT molecular complexity index is 1140. The average Bonchev–Trinajstić information content (AvgIpc) is 3.08. The summed E-state index contributed by atoms with van der Waals surface area (Å²) in [5.74, 6) is -1.15. The first-order chi connectivity index (χ1) is 13.6. The summed E-state index contributed by atoms with van der Waals surface area (Å²) < 4.78 is 26.6. The number of para-hydroxylation sites is 1. The van der Waals surface area contributed by atoms with Gasteiger partial charge in [0.15, 0.2) is 0 Å². The molecule has 28 heavy (non-hydrogen) atoms. The zero-order chi connectivity index (χ0) is 19.5. The first kappa shape index (κ1) is 17.7. The van der Waals surface area contributed by atoms with Crippen LogP contribution in [-0.2, 0) is 11.2 Å². The number of halogens is 2. The molecule has 0 aliphatic heterocycles. The maximum atomic E-state index is 13.7. The van der Waals surface area contributed by atoms with Crippen LogP contribution < -0.4 is 10.6 Å². The molecule has 0 bridgehead atoms. The van der Waals surface area contributed by atoms with Gasteiger partial charge < -0.3 is 15.6 Å². The molecule has 0 fully saturated rings. The van der Waals surface area contributed by atoms with Crippen LogP contribution in [0.25, 0.3) is 10.9 Å². The molecule has 4 rings (SSSR count). The van der Waals surface area contributed by atoms with Crippen molar-refractivity contribution in [3.8, 4) is 0 Å². The Morgan fingerprint density at radius 2 is 1.93 bits per heavy atom. The minimum absolute atomic E-state index is 0.116. The zero-order valence-electron chi connectivity index (χ0n) is 14.7. The summed E-state index contributed by atoms with van der Waals surface area (Å²) in [6.07, 6.45) is 3.52. The second kappa shape index (κ2) is 7.48. The van der Waals surface area contributed by atoms with E-state index in [2.05, 4.69) is 20.6 Å². The standard InChI is InChI=1S/C21H16F2N4O/c22-14-5-7-19(17(23)10-14)27-20-8-6-15(12-25-20)26-21(28)9-13-11-24-18-4-2-1-3-16(13)18/h1-8,10-12,24H,9H2,(H,25,27)(H,26,28).